The molecule has 0 bridgehead atoms. The predicted octanol–water partition coefficient (Wildman–Crippen LogP) is 1.12. The minimum atomic E-state index is -1.13. The van der Waals surface area contributed by atoms with E-state index in [0.717, 1.165) is 6.42 Å². The van der Waals surface area contributed by atoms with E-state index in [0.29, 0.717) is 25.8 Å². The van der Waals surface area contributed by atoms with Gasteiger partial charge in [0.25, 0.3) is 0 Å². The Labute approximate surface area is 103 Å². The van der Waals surface area contributed by atoms with Crippen LogP contribution in [0, 0.1) is 5.92 Å². The van der Waals surface area contributed by atoms with E-state index in [4.69, 9.17) is 5.73 Å². The molecule has 1 amide bonds. The lowest BCUT2D eigenvalue weighted by Gasteiger charge is -2.28. The SMILES string of the molecule is CCC(CN)CC(=O)NC(CC)(CC)C(=O)O. The largest absolute Gasteiger partial charge is 0.480 e. The first-order valence-corrected chi connectivity index (χ1v) is 6.20. The van der Waals surface area contributed by atoms with Gasteiger partial charge in [-0.1, -0.05) is 27.2 Å². The van der Waals surface area contributed by atoms with Gasteiger partial charge in [-0.2, -0.15) is 0 Å². The Morgan fingerprint density at radius 2 is 1.82 bits per heavy atom. The van der Waals surface area contributed by atoms with Gasteiger partial charge in [0, 0.05) is 6.42 Å². The zero-order chi connectivity index (χ0) is 13.5. The molecule has 0 aromatic rings. The molecule has 0 spiro atoms. The summed E-state index contributed by atoms with van der Waals surface area (Å²) in [5, 5.41) is 11.8. The van der Waals surface area contributed by atoms with Crippen molar-refractivity contribution in [3.8, 4) is 0 Å². The van der Waals surface area contributed by atoms with Gasteiger partial charge in [-0.25, -0.2) is 4.79 Å². The number of hydrogen-bond donors (Lipinski definition) is 3. The number of hydrogen-bond acceptors (Lipinski definition) is 3. The third kappa shape index (κ3) is 4.34. The number of rotatable bonds is 8. The van der Waals surface area contributed by atoms with Gasteiger partial charge >= 0.3 is 5.97 Å². The average molecular weight is 244 g/mol. The van der Waals surface area contributed by atoms with Gasteiger partial charge in [-0.05, 0) is 25.3 Å². The molecule has 1 unspecified atom stereocenters. The standard InChI is InChI=1S/C12H24N2O3/c1-4-9(8-13)7-10(15)14-12(5-2,6-3)11(16)17/h9H,4-8,13H2,1-3H3,(H,14,15)(H,16,17). The second-order valence-corrected chi connectivity index (χ2v) is 4.36. The molecular formula is C12H24N2O3. The fourth-order valence-corrected chi connectivity index (χ4v) is 1.76. The Morgan fingerprint density at radius 1 is 1.29 bits per heavy atom. The van der Waals surface area contributed by atoms with Gasteiger partial charge in [-0.3, -0.25) is 4.79 Å². The van der Waals surface area contributed by atoms with E-state index >= 15 is 0 Å². The molecule has 0 saturated heterocycles. The van der Waals surface area contributed by atoms with Crippen molar-refractivity contribution in [3.63, 3.8) is 0 Å². The molecule has 4 N–H and O–H groups in total. The van der Waals surface area contributed by atoms with Crippen molar-refractivity contribution in [2.45, 2.75) is 52.0 Å². The van der Waals surface area contributed by atoms with Crippen LogP contribution < -0.4 is 11.1 Å². The Hall–Kier alpha value is -1.10. The molecule has 0 aromatic carbocycles. The zero-order valence-corrected chi connectivity index (χ0v) is 11.0. The van der Waals surface area contributed by atoms with E-state index in [1.165, 1.54) is 0 Å². The van der Waals surface area contributed by atoms with Gasteiger partial charge in [-0.15, -0.1) is 0 Å². The van der Waals surface area contributed by atoms with Crippen molar-refractivity contribution in [1.82, 2.24) is 5.32 Å². The molecule has 0 radical (unpaired) electrons. The molecule has 0 rings (SSSR count). The van der Waals surface area contributed by atoms with E-state index in [-0.39, 0.29) is 11.8 Å². The molecule has 0 aliphatic carbocycles. The molecule has 0 fully saturated rings. The van der Waals surface area contributed by atoms with Crippen LogP contribution in [0.15, 0.2) is 0 Å². The molecule has 5 nitrogen and oxygen atoms in total. The van der Waals surface area contributed by atoms with E-state index in [2.05, 4.69) is 5.32 Å². The maximum atomic E-state index is 11.8. The van der Waals surface area contributed by atoms with E-state index < -0.39 is 11.5 Å². The summed E-state index contributed by atoms with van der Waals surface area (Å²) in [5.74, 6) is -1.08. The van der Waals surface area contributed by atoms with Gasteiger partial charge in [0.2, 0.25) is 5.91 Å². The third-order valence-corrected chi connectivity index (χ3v) is 3.38. The predicted molar refractivity (Wildman–Crippen MR) is 66.5 cm³/mol. The average Bonchev–Trinajstić information content (AvgIpc) is 2.32. The number of amides is 1. The van der Waals surface area contributed by atoms with Crippen LogP contribution in [0.1, 0.15) is 46.5 Å². The highest BCUT2D eigenvalue weighted by Gasteiger charge is 2.36. The molecule has 0 heterocycles. The molecule has 0 aromatic heterocycles. The van der Waals surface area contributed by atoms with E-state index in [9.17, 15) is 14.7 Å². The molecule has 100 valence electrons. The highest BCUT2D eigenvalue weighted by Crippen LogP contribution is 2.16. The first-order chi connectivity index (χ1) is 7.95. The lowest BCUT2D eigenvalue weighted by atomic mass is 9.92. The molecule has 1 atom stereocenters. The molecule has 0 saturated carbocycles. The number of carboxylic acid groups (broad SMARTS) is 1. The van der Waals surface area contributed by atoms with Gasteiger partial charge in [0.05, 0.1) is 0 Å². The van der Waals surface area contributed by atoms with Crippen molar-refractivity contribution < 1.29 is 14.7 Å². The van der Waals surface area contributed by atoms with Crippen molar-refractivity contribution in [3.05, 3.63) is 0 Å². The maximum absolute atomic E-state index is 11.8. The Bertz CT molecular complexity index is 258. The summed E-state index contributed by atoms with van der Waals surface area (Å²) in [5.41, 5.74) is 4.39. The van der Waals surface area contributed by atoms with Crippen LogP contribution in [-0.4, -0.2) is 29.1 Å². The number of aliphatic carboxylic acids is 1. The molecule has 17 heavy (non-hydrogen) atoms. The molecule has 0 aliphatic rings. The Kier molecular flexibility index (Phi) is 6.80. The number of nitrogens with two attached hydrogens (primary N) is 1. The minimum Gasteiger partial charge on any atom is -0.480 e. The molecular weight excluding hydrogens is 220 g/mol. The highest BCUT2D eigenvalue weighted by atomic mass is 16.4. The van der Waals surface area contributed by atoms with Gasteiger partial charge in [0.1, 0.15) is 5.54 Å². The number of carbonyl (C=O) groups excluding carboxylic acids is 1. The van der Waals surface area contributed by atoms with Crippen molar-refractivity contribution >= 4 is 11.9 Å². The molecule has 0 aliphatic heterocycles. The Balaban J connectivity index is 4.57. The van der Waals surface area contributed by atoms with Crippen LogP contribution in [0.25, 0.3) is 0 Å². The lowest BCUT2D eigenvalue weighted by Crippen LogP contribution is -2.54. The number of carboxylic acids is 1. The summed E-state index contributed by atoms with van der Waals surface area (Å²) in [6.45, 7) is 5.94. The lowest BCUT2D eigenvalue weighted by molar-refractivity contribution is -0.148. The fraction of sp³-hybridized carbons (Fsp3) is 0.833. The van der Waals surface area contributed by atoms with Crippen LogP contribution in [0.5, 0.6) is 0 Å². The topological polar surface area (TPSA) is 92.4 Å². The summed E-state index contributed by atoms with van der Waals surface area (Å²) in [6, 6.07) is 0. The first-order valence-electron chi connectivity index (χ1n) is 6.20. The quantitative estimate of drug-likeness (QED) is 0.596. The van der Waals surface area contributed by atoms with Crippen molar-refractivity contribution in [2.75, 3.05) is 6.54 Å². The van der Waals surface area contributed by atoms with Crippen LogP contribution in [0.4, 0.5) is 0 Å². The summed E-state index contributed by atoms with van der Waals surface area (Å²) in [4.78, 5) is 23.0. The summed E-state index contributed by atoms with van der Waals surface area (Å²) in [7, 11) is 0. The van der Waals surface area contributed by atoms with Crippen LogP contribution in [0.3, 0.4) is 0 Å². The molecule has 5 heteroatoms. The van der Waals surface area contributed by atoms with Crippen molar-refractivity contribution in [1.29, 1.82) is 0 Å². The van der Waals surface area contributed by atoms with E-state index in [1.807, 2.05) is 6.92 Å². The Morgan fingerprint density at radius 3 is 2.12 bits per heavy atom. The fourth-order valence-electron chi connectivity index (χ4n) is 1.76. The zero-order valence-electron chi connectivity index (χ0n) is 11.0. The number of carbonyl (C=O) groups is 2. The summed E-state index contributed by atoms with van der Waals surface area (Å²) in [6.07, 6.45) is 1.87. The van der Waals surface area contributed by atoms with Crippen molar-refractivity contribution in [2.24, 2.45) is 11.7 Å². The highest BCUT2D eigenvalue weighted by molar-refractivity contribution is 5.87. The second-order valence-electron chi connectivity index (χ2n) is 4.36. The normalized spacial score (nSPS) is 13.2. The van der Waals surface area contributed by atoms with E-state index in [1.54, 1.807) is 13.8 Å². The van der Waals surface area contributed by atoms with Gasteiger partial charge < -0.3 is 16.2 Å². The smallest absolute Gasteiger partial charge is 0.329 e. The minimum absolute atomic E-state index is 0.121. The second kappa shape index (κ2) is 7.27. The van der Waals surface area contributed by atoms with Crippen LogP contribution in [-0.2, 0) is 9.59 Å². The number of nitrogens with one attached hydrogen (secondary N) is 1. The first kappa shape index (κ1) is 15.9. The maximum Gasteiger partial charge on any atom is 0.329 e. The van der Waals surface area contributed by atoms with Crippen LogP contribution in [0.2, 0.25) is 0 Å². The summed E-state index contributed by atoms with van der Waals surface area (Å²) < 4.78 is 0. The third-order valence-electron chi connectivity index (χ3n) is 3.38. The summed E-state index contributed by atoms with van der Waals surface area (Å²) >= 11 is 0. The van der Waals surface area contributed by atoms with Crippen LogP contribution >= 0.6 is 0 Å². The monoisotopic (exact) mass is 244 g/mol. The van der Waals surface area contributed by atoms with Gasteiger partial charge in [0.15, 0.2) is 0 Å².